The van der Waals surface area contributed by atoms with Gasteiger partial charge in [0.15, 0.2) is 6.29 Å². The second kappa shape index (κ2) is 12.0. The van der Waals surface area contributed by atoms with Gasteiger partial charge in [0.1, 0.15) is 0 Å². The van der Waals surface area contributed by atoms with Crippen LogP contribution in [-0.2, 0) is 20.9 Å². The molecule has 2 fully saturated rings. The number of ether oxygens (including phenoxy) is 2. The van der Waals surface area contributed by atoms with Crippen LogP contribution in [0.1, 0.15) is 48.8 Å². The van der Waals surface area contributed by atoms with E-state index in [2.05, 4.69) is 17.1 Å². The molecular weight excluding hydrogens is 527 g/mol. The van der Waals surface area contributed by atoms with Gasteiger partial charge in [-0.1, -0.05) is 78.1 Å². The molecule has 1 amide bonds. The smallest absolute Gasteiger partial charge is 0.276 e. The summed E-state index contributed by atoms with van der Waals surface area (Å²) in [5, 5.41) is 21.8. The highest BCUT2D eigenvalue weighted by atomic mass is 35.6. The van der Waals surface area contributed by atoms with E-state index in [1.54, 1.807) is 12.1 Å². The third kappa shape index (κ3) is 6.52. The minimum atomic E-state index is -2.06. The molecular formula is C26H31Cl3N2O5. The van der Waals surface area contributed by atoms with Gasteiger partial charge in [-0.3, -0.25) is 9.69 Å². The molecule has 0 bridgehead atoms. The number of nitrogens with zero attached hydrogens (tertiary/aromatic N) is 1. The van der Waals surface area contributed by atoms with Crippen molar-refractivity contribution in [2.24, 2.45) is 5.92 Å². The minimum absolute atomic E-state index is 0.0195. The minimum Gasteiger partial charge on any atom is -0.395 e. The van der Waals surface area contributed by atoms with E-state index in [-0.39, 0.29) is 37.4 Å². The molecule has 10 heteroatoms. The number of aliphatic hydroxyl groups excluding tert-OH is 2. The average molecular weight is 558 g/mol. The molecule has 4 rings (SSSR count). The van der Waals surface area contributed by atoms with Crippen LogP contribution in [0.4, 0.5) is 5.69 Å². The number of hydrogen-bond acceptors (Lipinski definition) is 6. The van der Waals surface area contributed by atoms with Crippen molar-refractivity contribution in [3.8, 4) is 0 Å². The van der Waals surface area contributed by atoms with Gasteiger partial charge in [-0.2, -0.15) is 0 Å². The van der Waals surface area contributed by atoms with Crippen LogP contribution >= 0.6 is 34.8 Å². The van der Waals surface area contributed by atoms with Crippen molar-refractivity contribution in [1.82, 2.24) is 4.90 Å². The van der Waals surface area contributed by atoms with Crippen molar-refractivity contribution < 1.29 is 24.5 Å². The standard InChI is InChI=1S/C26H31Cl3N2O5/c1-16-22(13-31-12-2-3-21(31)15-33)35-24(36-23(16)18-6-4-17(14-32)5-7-18)19-8-10-20(11-9-19)30-25(34)26(27,28)29/h4-11,16,21-24,32-33H,2-3,12-15H2,1H3,(H,30,34)/t16-,21+,22+,23+,24+/m1/s1. The van der Waals surface area contributed by atoms with E-state index in [1.165, 1.54) is 0 Å². The Hall–Kier alpha value is -1.42. The molecule has 2 heterocycles. The molecule has 0 saturated carbocycles. The zero-order valence-electron chi connectivity index (χ0n) is 19.9. The number of rotatable bonds is 7. The van der Waals surface area contributed by atoms with Gasteiger partial charge in [0.05, 0.1) is 25.4 Å². The molecule has 196 valence electrons. The number of alkyl halides is 3. The van der Waals surface area contributed by atoms with E-state index in [1.807, 2.05) is 36.4 Å². The van der Waals surface area contributed by atoms with Gasteiger partial charge >= 0.3 is 0 Å². The quantitative estimate of drug-likeness (QED) is 0.426. The van der Waals surface area contributed by atoms with Gasteiger partial charge in [-0.05, 0) is 42.6 Å². The van der Waals surface area contributed by atoms with E-state index >= 15 is 0 Å². The molecule has 2 aromatic carbocycles. The molecule has 2 aliphatic rings. The van der Waals surface area contributed by atoms with Crippen molar-refractivity contribution in [2.75, 3.05) is 25.0 Å². The predicted octanol–water partition coefficient (Wildman–Crippen LogP) is 4.74. The van der Waals surface area contributed by atoms with Crippen molar-refractivity contribution in [3.63, 3.8) is 0 Å². The van der Waals surface area contributed by atoms with Crippen LogP contribution in [0.25, 0.3) is 0 Å². The van der Waals surface area contributed by atoms with Crippen LogP contribution in [0.3, 0.4) is 0 Å². The highest BCUT2D eigenvalue weighted by Gasteiger charge is 2.40. The van der Waals surface area contributed by atoms with Gasteiger partial charge in [0, 0.05) is 29.8 Å². The van der Waals surface area contributed by atoms with Crippen LogP contribution in [0.2, 0.25) is 0 Å². The molecule has 2 aromatic rings. The first-order chi connectivity index (χ1) is 17.2. The number of nitrogens with one attached hydrogen (secondary N) is 1. The molecule has 0 aromatic heterocycles. The maximum Gasteiger partial charge on any atom is 0.276 e. The van der Waals surface area contributed by atoms with Crippen LogP contribution in [0.5, 0.6) is 0 Å². The predicted molar refractivity (Wildman–Crippen MR) is 140 cm³/mol. The van der Waals surface area contributed by atoms with Gasteiger partial charge in [0.25, 0.3) is 9.70 Å². The lowest BCUT2D eigenvalue weighted by Gasteiger charge is -2.43. The Morgan fingerprint density at radius 2 is 1.72 bits per heavy atom. The molecule has 2 saturated heterocycles. The van der Waals surface area contributed by atoms with Gasteiger partial charge in [-0.15, -0.1) is 0 Å². The van der Waals surface area contributed by atoms with E-state index < -0.39 is 16.0 Å². The zero-order chi connectivity index (χ0) is 25.9. The molecule has 5 atom stereocenters. The summed E-state index contributed by atoms with van der Waals surface area (Å²) in [6.07, 6.45) is 1.02. The van der Waals surface area contributed by atoms with E-state index in [0.717, 1.165) is 36.1 Å². The molecule has 36 heavy (non-hydrogen) atoms. The summed E-state index contributed by atoms with van der Waals surface area (Å²) in [6, 6.07) is 14.9. The Morgan fingerprint density at radius 3 is 2.33 bits per heavy atom. The first-order valence-electron chi connectivity index (χ1n) is 12.0. The number of likely N-dealkylation sites (tertiary alicyclic amines) is 1. The zero-order valence-corrected chi connectivity index (χ0v) is 22.2. The summed E-state index contributed by atoms with van der Waals surface area (Å²) in [7, 11) is 0. The normalized spacial score (nSPS) is 27.2. The summed E-state index contributed by atoms with van der Waals surface area (Å²) >= 11 is 16.9. The molecule has 0 radical (unpaired) electrons. The molecule has 0 aliphatic carbocycles. The lowest BCUT2D eigenvalue weighted by Crippen LogP contribution is -2.46. The van der Waals surface area contributed by atoms with Gasteiger partial charge in [0.2, 0.25) is 0 Å². The number of hydrogen-bond donors (Lipinski definition) is 3. The first-order valence-corrected chi connectivity index (χ1v) is 13.2. The lowest BCUT2D eigenvalue weighted by atomic mass is 9.90. The van der Waals surface area contributed by atoms with E-state index in [0.29, 0.717) is 12.2 Å². The van der Waals surface area contributed by atoms with Crippen molar-refractivity contribution in [3.05, 3.63) is 65.2 Å². The van der Waals surface area contributed by atoms with Gasteiger partial charge in [-0.25, -0.2) is 0 Å². The highest BCUT2D eigenvalue weighted by molar-refractivity contribution is 6.76. The summed E-state index contributed by atoms with van der Waals surface area (Å²) in [5.74, 6) is -0.696. The van der Waals surface area contributed by atoms with Crippen molar-refractivity contribution in [2.45, 2.75) is 54.7 Å². The SMILES string of the molecule is C[C@@H]1[C@H](CN2CCC[C@H]2CO)O[C@H](c2ccc(NC(=O)C(Cl)(Cl)Cl)cc2)O[C@@H]1c1ccc(CO)cc1. The first kappa shape index (κ1) is 27.6. The second-order valence-electron chi connectivity index (χ2n) is 9.37. The summed E-state index contributed by atoms with van der Waals surface area (Å²) in [4.78, 5) is 14.3. The maximum absolute atomic E-state index is 12.0. The molecule has 0 spiro atoms. The van der Waals surface area contributed by atoms with Gasteiger partial charge < -0.3 is 25.0 Å². The summed E-state index contributed by atoms with van der Waals surface area (Å²) in [5.41, 5.74) is 3.11. The topological polar surface area (TPSA) is 91.3 Å². The third-order valence-corrected chi connectivity index (χ3v) is 7.46. The number of carbonyl (C=O) groups is 1. The number of amides is 1. The summed E-state index contributed by atoms with van der Waals surface area (Å²) < 4.78 is 10.9. The van der Waals surface area contributed by atoms with Crippen molar-refractivity contribution >= 4 is 46.4 Å². The van der Waals surface area contributed by atoms with E-state index in [9.17, 15) is 15.0 Å². The largest absolute Gasteiger partial charge is 0.395 e. The van der Waals surface area contributed by atoms with Crippen LogP contribution in [0, 0.1) is 5.92 Å². The van der Waals surface area contributed by atoms with E-state index in [4.69, 9.17) is 44.3 Å². The number of aliphatic hydroxyl groups is 2. The van der Waals surface area contributed by atoms with Crippen LogP contribution in [-0.4, -0.2) is 56.7 Å². The van der Waals surface area contributed by atoms with Crippen LogP contribution < -0.4 is 5.32 Å². The Bertz CT molecular complexity index is 1020. The average Bonchev–Trinajstić information content (AvgIpc) is 3.32. The Labute approximate surface area is 226 Å². The lowest BCUT2D eigenvalue weighted by molar-refractivity contribution is -0.276. The fourth-order valence-corrected chi connectivity index (χ4v) is 4.97. The van der Waals surface area contributed by atoms with Crippen molar-refractivity contribution in [1.29, 1.82) is 0 Å². The third-order valence-electron chi connectivity index (χ3n) is 6.95. The Kier molecular flexibility index (Phi) is 9.18. The highest BCUT2D eigenvalue weighted by Crippen LogP contribution is 2.42. The fraction of sp³-hybridized carbons (Fsp3) is 0.500. The molecule has 7 nitrogen and oxygen atoms in total. The maximum atomic E-state index is 12.0. The second-order valence-corrected chi connectivity index (χ2v) is 11.7. The Morgan fingerprint density at radius 1 is 1.06 bits per heavy atom. The number of carbonyl (C=O) groups excluding carboxylic acids is 1. The number of halogens is 3. The monoisotopic (exact) mass is 556 g/mol. The fourth-order valence-electron chi connectivity index (χ4n) is 4.83. The van der Waals surface area contributed by atoms with Crippen LogP contribution in [0.15, 0.2) is 48.5 Å². The Balaban J connectivity index is 1.56. The number of benzene rings is 2. The molecule has 3 N–H and O–H groups in total. The molecule has 2 aliphatic heterocycles. The number of anilines is 1. The molecule has 0 unspecified atom stereocenters. The summed E-state index contributed by atoms with van der Waals surface area (Å²) in [6.45, 7) is 3.85.